The van der Waals surface area contributed by atoms with Crippen LogP contribution in [0.3, 0.4) is 0 Å². The maximum atomic E-state index is 12.1. The highest BCUT2D eigenvalue weighted by Gasteiger charge is 2.22. The van der Waals surface area contributed by atoms with E-state index in [2.05, 4.69) is 25.8 Å². The number of thioether (sulfide) groups is 1. The minimum atomic E-state index is -0.574. The van der Waals surface area contributed by atoms with Gasteiger partial charge in [-0.2, -0.15) is 4.98 Å². The Morgan fingerprint density at radius 1 is 1.27 bits per heavy atom. The molecule has 0 spiro atoms. The average molecular weight is 341 g/mol. The summed E-state index contributed by atoms with van der Waals surface area (Å²) >= 11 is 2.61. The van der Waals surface area contributed by atoms with Crippen molar-refractivity contribution in [2.45, 2.75) is 31.2 Å². The summed E-state index contributed by atoms with van der Waals surface area (Å²) in [6.45, 7) is 5.30. The minimum Gasteiger partial charge on any atom is -0.348 e. The molecular weight excluding hydrogens is 326 g/mol. The van der Waals surface area contributed by atoms with Crippen LogP contribution in [-0.4, -0.2) is 39.2 Å². The van der Waals surface area contributed by atoms with Gasteiger partial charge in [-0.25, -0.2) is 4.98 Å². The zero-order chi connectivity index (χ0) is 16.3. The highest BCUT2D eigenvalue weighted by molar-refractivity contribution is 8.00. The zero-order valence-electron chi connectivity index (χ0n) is 12.5. The van der Waals surface area contributed by atoms with E-state index in [1.54, 1.807) is 6.92 Å². The summed E-state index contributed by atoms with van der Waals surface area (Å²) < 4.78 is 5.47. The first kappa shape index (κ1) is 16.4. The Balaban J connectivity index is 2.24. The van der Waals surface area contributed by atoms with Crippen LogP contribution in [0.15, 0.2) is 8.86 Å². The Bertz CT molecular complexity index is 695. The predicted molar refractivity (Wildman–Crippen MR) is 83.5 cm³/mol. The van der Waals surface area contributed by atoms with E-state index in [9.17, 15) is 9.59 Å². The van der Waals surface area contributed by atoms with Crippen LogP contribution in [0, 0.1) is 6.92 Å². The van der Waals surface area contributed by atoms with Crippen molar-refractivity contribution in [2.24, 2.45) is 0 Å². The van der Waals surface area contributed by atoms with Gasteiger partial charge < -0.3 is 15.2 Å². The van der Waals surface area contributed by atoms with Crippen LogP contribution >= 0.6 is 23.1 Å². The monoisotopic (exact) mass is 341 g/mol. The molecule has 0 saturated carbocycles. The molecule has 22 heavy (non-hydrogen) atoms. The predicted octanol–water partition coefficient (Wildman–Crippen LogP) is 1.95. The number of thiazole rings is 1. The second kappa shape index (κ2) is 6.88. The van der Waals surface area contributed by atoms with E-state index in [0.717, 1.165) is 0 Å². The number of rotatable bonds is 5. The van der Waals surface area contributed by atoms with Gasteiger partial charge in [0.1, 0.15) is 5.00 Å². The fraction of sp³-hybridized carbons (Fsp3) is 0.417. The van der Waals surface area contributed by atoms with Gasteiger partial charge in [-0.1, -0.05) is 28.3 Å². The van der Waals surface area contributed by atoms with Gasteiger partial charge in [0.25, 0.3) is 5.91 Å². The largest absolute Gasteiger partial charge is 0.348 e. The number of hydrogen-bond donors (Lipinski definition) is 2. The molecule has 10 heteroatoms. The second-order valence-electron chi connectivity index (χ2n) is 4.59. The fourth-order valence-corrected chi connectivity index (χ4v) is 2.96. The van der Waals surface area contributed by atoms with E-state index >= 15 is 0 Å². The van der Waals surface area contributed by atoms with E-state index in [-0.39, 0.29) is 23.5 Å². The highest BCUT2D eigenvalue weighted by Crippen LogP contribution is 2.30. The third kappa shape index (κ3) is 3.83. The standard InChI is InChI=1S/C12H15N5O3S2/c1-5(2)13-8(18)7-11(22-12(15-7)21-4)16-9(19)10-14-6(3)17-20-10/h5H,1-4H3,(H,13,18)(H,16,19). The number of nitrogens with zero attached hydrogens (tertiary/aromatic N) is 3. The van der Waals surface area contributed by atoms with Gasteiger partial charge in [0.2, 0.25) is 0 Å². The lowest BCUT2D eigenvalue weighted by Gasteiger charge is -2.07. The number of hydrogen-bond acceptors (Lipinski definition) is 8. The van der Waals surface area contributed by atoms with Crippen molar-refractivity contribution in [3.63, 3.8) is 0 Å². The van der Waals surface area contributed by atoms with Crippen LogP contribution < -0.4 is 10.6 Å². The van der Waals surface area contributed by atoms with Crippen molar-refractivity contribution < 1.29 is 14.1 Å². The number of aryl methyl sites for hydroxylation is 1. The molecule has 0 fully saturated rings. The molecule has 2 amide bonds. The summed E-state index contributed by atoms with van der Waals surface area (Å²) in [4.78, 5) is 32.3. The van der Waals surface area contributed by atoms with Gasteiger partial charge in [-0.05, 0) is 27.0 Å². The van der Waals surface area contributed by atoms with Gasteiger partial charge in [-0.15, -0.1) is 0 Å². The van der Waals surface area contributed by atoms with Gasteiger partial charge in [-0.3, -0.25) is 9.59 Å². The maximum absolute atomic E-state index is 12.1. The molecule has 0 aromatic carbocycles. The minimum absolute atomic E-state index is 0.0333. The number of amides is 2. The molecule has 0 aliphatic carbocycles. The number of carbonyl (C=O) groups excluding carboxylic acids is 2. The second-order valence-corrected chi connectivity index (χ2v) is 6.64. The molecule has 0 unspecified atom stereocenters. The molecule has 2 heterocycles. The summed E-state index contributed by atoms with van der Waals surface area (Å²) in [5.74, 6) is -0.720. The van der Waals surface area contributed by atoms with Gasteiger partial charge in [0.05, 0.1) is 0 Å². The highest BCUT2D eigenvalue weighted by atomic mass is 32.2. The lowest BCUT2D eigenvalue weighted by atomic mass is 10.3. The summed E-state index contributed by atoms with van der Waals surface area (Å²) in [5.41, 5.74) is 0.174. The maximum Gasteiger partial charge on any atom is 0.316 e. The molecule has 2 aromatic heterocycles. The van der Waals surface area contributed by atoms with E-state index in [1.165, 1.54) is 23.1 Å². The Hall–Kier alpha value is -1.94. The topological polar surface area (TPSA) is 110 Å². The fourth-order valence-electron chi connectivity index (χ4n) is 1.50. The third-order valence-corrected chi connectivity index (χ3v) is 4.32. The quantitative estimate of drug-likeness (QED) is 0.800. The summed E-state index contributed by atoms with van der Waals surface area (Å²) in [5, 5.41) is 9.25. The first-order chi connectivity index (χ1) is 10.4. The molecule has 118 valence electrons. The smallest absolute Gasteiger partial charge is 0.316 e. The van der Waals surface area contributed by atoms with Crippen LogP contribution in [-0.2, 0) is 0 Å². The zero-order valence-corrected chi connectivity index (χ0v) is 14.1. The van der Waals surface area contributed by atoms with Crippen molar-refractivity contribution in [3.8, 4) is 0 Å². The molecule has 2 rings (SSSR count). The molecule has 0 saturated heterocycles. The normalized spacial score (nSPS) is 10.8. The van der Waals surface area contributed by atoms with Crippen LogP contribution in [0.2, 0.25) is 0 Å². The van der Waals surface area contributed by atoms with Crippen molar-refractivity contribution in [3.05, 3.63) is 17.4 Å². The summed E-state index contributed by atoms with van der Waals surface area (Å²) in [6, 6.07) is -0.0333. The lowest BCUT2D eigenvalue weighted by Crippen LogP contribution is -2.31. The molecule has 0 atom stereocenters. The Morgan fingerprint density at radius 2 is 2.00 bits per heavy atom. The average Bonchev–Trinajstić information content (AvgIpc) is 3.04. The third-order valence-electron chi connectivity index (χ3n) is 2.37. The van der Waals surface area contributed by atoms with E-state index in [0.29, 0.717) is 15.2 Å². The van der Waals surface area contributed by atoms with Gasteiger partial charge >= 0.3 is 11.8 Å². The number of nitrogens with one attached hydrogen (secondary N) is 2. The van der Waals surface area contributed by atoms with Crippen LogP contribution in [0.5, 0.6) is 0 Å². The molecule has 0 bridgehead atoms. The molecule has 2 N–H and O–H groups in total. The molecule has 0 aliphatic heterocycles. The molecule has 2 aromatic rings. The Labute approximate surface area is 135 Å². The molecule has 8 nitrogen and oxygen atoms in total. The Morgan fingerprint density at radius 3 is 2.55 bits per heavy atom. The van der Waals surface area contributed by atoms with Crippen LogP contribution in [0.1, 0.15) is 40.8 Å². The SMILES string of the molecule is CSc1nc(C(=O)NC(C)C)c(NC(=O)c2nc(C)no2)s1. The summed E-state index contributed by atoms with van der Waals surface area (Å²) in [6.07, 6.45) is 1.84. The number of carbonyl (C=O) groups is 2. The first-order valence-corrected chi connectivity index (χ1v) is 8.42. The number of anilines is 1. The first-order valence-electron chi connectivity index (χ1n) is 6.38. The van der Waals surface area contributed by atoms with Gasteiger partial charge in [0, 0.05) is 6.04 Å². The van der Waals surface area contributed by atoms with Crippen LogP contribution in [0.25, 0.3) is 0 Å². The molecule has 0 radical (unpaired) electrons. The van der Waals surface area contributed by atoms with E-state index < -0.39 is 5.91 Å². The van der Waals surface area contributed by atoms with Crippen molar-refractivity contribution in [1.82, 2.24) is 20.4 Å². The van der Waals surface area contributed by atoms with Crippen LogP contribution in [0.4, 0.5) is 5.00 Å². The Kier molecular flexibility index (Phi) is 5.14. The molecular formula is C12H15N5O3S2. The van der Waals surface area contributed by atoms with Gasteiger partial charge in [0.15, 0.2) is 15.9 Å². The number of aromatic nitrogens is 3. The van der Waals surface area contributed by atoms with Crippen molar-refractivity contribution >= 4 is 39.9 Å². The van der Waals surface area contributed by atoms with Crippen molar-refractivity contribution in [1.29, 1.82) is 0 Å². The van der Waals surface area contributed by atoms with E-state index in [4.69, 9.17) is 4.52 Å². The van der Waals surface area contributed by atoms with E-state index in [1.807, 2.05) is 20.1 Å². The lowest BCUT2D eigenvalue weighted by molar-refractivity contribution is 0.0939. The summed E-state index contributed by atoms with van der Waals surface area (Å²) in [7, 11) is 0. The van der Waals surface area contributed by atoms with Crippen molar-refractivity contribution in [2.75, 3.05) is 11.6 Å². The molecule has 0 aliphatic rings.